The molecule has 7 nitrogen and oxygen atoms in total. The number of anilines is 1. The van der Waals surface area contributed by atoms with Gasteiger partial charge in [-0.25, -0.2) is 0 Å². The van der Waals surface area contributed by atoms with Crippen molar-refractivity contribution in [2.45, 2.75) is 25.9 Å². The fraction of sp³-hybridized carbons (Fsp3) is 0.167. The second kappa shape index (κ2) is 10.0. The van der Waals surface area contributed by atoms with E-state index in [4.69, 9.17) is 9.26 Å². The van der Waals surface area contributed by atoms with Crippen molar-refractivity contribution in [1.82, 2.24) is 10.1 Å². The lowest BCUT2D eigenvalue weighted by Gasteiger charge is -2.15. The largest absolute Gasteiger partial charge is 0.453 e. The van der Waals surface area contributed by atoms with Crippen LogP contribution < -0.4 is 5.32 Å². The van der Waals surface area contributed by atoms with Crippen LogP contribution in [-0.4, -0.2) is 28.1 Å². The lowest BCUT2D eigenvalue weighted by Crippen LogP contribution is -2.30. The molecule has 0 fully saturated rings. The fourth-order valence-electron chi connectivity index (χ4n) is 3.08. The highest BCUT2D eigenvalue weighted by Gasteiger charge is 2.20. The third kappa shape index (κ3) is 5.28. The third-order valence-corrected chi connectivity index (χ3v) is 5.42. The molecule has 162 valence electrons. The molecule has 0 spiro atoms. The van der Waals surface area contributed by atoms with Crippen molar-refractivity contribution in [3.63, 3.8) is 0 Å². The number of amides is 1. The number of benzene rings is 2. The maximum absolute atomic E-state index is 12.6. The molecule has 32 heavy (non-hydrogen) atoms. The van der Waals surface area contributed by atoms with Crippen LogP contribution in [0.2, 0.25) is 0 Å². The Kier molecular flexibility index (Phi) is 6.72. The highest BCUT2D eigenvalue weighted by Crippen LogP contribution is 2.27. The Balaban J connectivity index is 1.31. The number of carbonyl (C=O) groups excluding carboxylic acids is 2. The predicted molar refractivity (Wildman–Crippen MR) is 122 cm³/mol. The molecular weight excluding hydrogens is 426 g/mol. The Hall–Kier alpha value is -3.78. The molecule has 4 rings (SSSR count). The summed E-state index contributed by atoms with van der Waals surface area (Å²) in [6.45, 7) is 1.54. The number of aromatic nitrogens is 2. The summed E-state index contributed by atoms with van der Waals surface area (Å²) in [4.78, 5) is 29.1. The van der Waals surface area contributed by atoms with Gasteiger partial charge in [0.25, 0.3) is 5.91 Å². The Morgan fingerprint density at radius 2 is 1.84 bits per heavy atom. The number of nitrogens with one attached hydrogen (secondary N) is 1. The highest BCUT2D eigenvalue weighted by molar-refractivity contribution is 7.08. The quantitative estimate of drug-likeness (QED) is 0.383. The number of para-hydroxylation sites is 1. The van der Waals surface area contributed by atoms with Crippen molar-refractivity contribution in [2.24, 2.45) is 0 Å². The maximum atomic E-state index is 12.6. The second-order valence-electron chi connectivity index (χ2n) is 7.06. The van der Waals surface area contributed by atoms with Crippen LogP contribution in [0.15, 0.2) is 75.9 Å². The number of hydrogen-bond donors (Lipinski definition) is 1. The summed E-state index contributed by atoms with van der Waals surface area (Å²) in [6, 6.07) is 19.1. The molecule has 1 unspecified atom stereocenters. The van der Waals surface area contributed by atoms with Gasteiger partial charge in [-0.2, -0.15) is 16.3 Å². The van der Waals surface area contributed by atoms with Crippen LogP contribution in [-0.2, 0) is 20.7 Å². The fourth-order valence-corrected chi connectivity index (χ4v) is 3.71. The van der Waals surface area contributed by atoms with E-state index < -0.39 is 18.0 Å². The second-order valence-corrected chi connectivity index (χ2v) is 7.84. The Bertz CT molecular complexity index is 1190. The topological polar surface area (TPSA) is 94.3 Å². The van der Waals surface area contributed by atoms with Crippen molar-refractivity contribution < 1.29 is 18.8 Å². The SMILES string of the molecule is CC(OC(=O)CCc1nc(-c2ccsc2)no1)C(=O)Nc1ccccc1-c1ccccc1. The first-order valence-electron chi connectivity index (χ1n) is 10.1. The van der Waals surface area contributed by atoms with Crippen LogP contribution in [0.4, 0.5) is 5.69 Å². The summed E-state index contributed by atoms with van der Waals surface area (Å²) in [7, 11) is 0. The molecule has 0 aliphatic rings. The monoisotopic (exact) mass is 447 g/mol. The van der Waals surface area contributed by atoms with E-state index in [2.05, 4.69) is 15.5 Å². The number of thiophene rings is 1. The Morgan fingerprint density at radius 3 is 2.62 bits per heavy atom. The molecule has 2 aromatic heterocycles. The number of nitrogens with zero attached hydrogens (tertiary/aromatic N) is 2. The zero-order valence-electron chi connectivity index (χ0n) is 17.4. The molecule has 0 bridgehead atoms. The van der Waals surface area contributed by atoms with Crippen molar-refractivity contribution in [3.8, 4) is 22.5 Å². The van der Waals surface area contributed by atoms with Gasteiger partial charge in [-0.15, -0.1) is 0 Å². The van der Waals surface area contributed by atoms with Gasteiger partial charge in [0, 0.05) is 28.6 Å². The molecule has 4 aromatic rings. The molecule has 0 saturated heterocycles. The standard InChI is InChI=1S/C24H21N3O4S/c1-16(24(29)25-20-10-6-5-9-19(20)17-7-3-2-4-8-17)30-22(28)12-11-21-26-23(27-31-21)18-13-14-32-15-18/h2-10,13-16H,11-12H2,1H3,(H,25,29). The number of rotatable bonds is 8. The zero-order valence-corrected chi connectivity index (χ0v) is 18.2. The number of hydrogen-bond acceptors (Lipinski definition) is 7. The molecule has 2 aromatic carbocycles. The minimum absolute atomic E-state index is 0.0312. The predicted octanol–water partition coefficient (Wildman–Crippen LogP) is 4.97. The van der Waals surface area contributed by atoms with E-state index in [1.54, 1.807) is 6.92 Å². The average molecular weight is 448 g/mol. The van der Waals surface area contributed by atoms with Gasteiger partial charge in [0.2, 0.25) is 11.7 Å². The van der Waals surface area contributed by atoms with Crippen molar-refractivity contribution in [2.75, 3.05) is 5.32 Å². The summed E-state index contributed by atoms with van der Waals surface area (Å²) in [5.41, 5.74) is 3.39. The van der Waals surface area contributed by atoms with E-state index in [-0.39, 0.29) is 12.8 Å². The molecule has 0 radical (unpaired) electrons. The van der Waals surface area contributed by atoms with E-state index >= 15 is 0 Å². The van der Waals surface area contributed by atoms with Gasteiger partial charge < -0.3 is 14.6 Å². The lowest BCUT2D eigenvalue weighted by molar-refractivity contribution is -0.153. The van der Waals surface area contributed by atoms with Gasteiger partial charge >= 0.3 is 5.97 Å². The maximum Gasteiger partial charge on any atom is 0.307 e. The summed E-state index contributed by atoms with van der Waals surface area (Å²) in [5, 5.41) is 10.6. The molecule has 0 aliphatic carbocycles. The van der Waals surface area contributed by atoms with Crippen molar-refractivity contribution >= 4 is 28.9 Å². The van der Waals surface area contributed by atoms with E-state index in [1.807, 2.05) is 71.4 Å². The van der Waals surface area contributed by atoms with Gasteiger partial charge in [-0.1, -0.05) is 53.7 Å². The first-order chi connectivity index (χ1) is 15.6. The minimum Gasteiger partial charge on any atom is -0.453 e. The summed E-state index contributed by atoms with van der Waals surface area (Å²) in [5.74, 6) is -0.0879. The Labute approximate surface area is 189 Å². The normalized spacial score (nSPS) is 11.7. The first-order valence-corrected chi connectivity index (χ1v) is 11.0. The number of aryl methyl sites for hydroxylation is 1. The minimum atomic E-state index is -0.949. The Morgan fingerprint density at radius 1 is 1.06 bits per heavy atom. The van der Waals surface area contributed by atoms with Crippen LogP contribution >= 0.6 is 11.3 Å². The number of carbonyl (C=O) groups is 2. The van der Waals surface area contributed by atoms with E-state index in [0.717, 1.165) is 16.7 Å². The summed E-state index contributed by atoms with van der Waals surface area (Å²) >= 11 is 1.54. The first kappa shape index (κ1) is 21.5. The molecule has 0 aliphatic heterocycles. The van der Waals surface area contributed by atoms with Crippen molar-refractivity contribution in [3.05, 3.63) is 77.3 Å². The zero-order chi connectivity index (χ0) is 22.3. The van der Waals surface area contributed by atoms with Crippen LogP contribution in [0, 0.1) is 0 Å². The average Bonchev–Trinajstić information content (AvgIpc) is 3.51. The van der Waals surface area contributed by atoms with Crippen LogP contribution in [0.1, 0.15) is 19.2 Å². The summed E-state index contributed by atoms with van der Waals surface area (Å²) in [6.07, 6.45) is -0.680. The van der Waals surface area contributed by atoms with Crippen LogP contribution in [0.3, 0.4) is 0 Å². The third-order valence-electron chi connectivity index (χ3n) is 4.74. The van der Waals surface area contributed by atoms with Crippen molar-refractivity contribution in [1.29, 1.82) is 0 Å². The van der Waals surface area contributed by atoms with E-state index in [1.165, 1.54) is 11.3 Å². The molecular formula is C24H21N3O4S. The molecule has 1 atom stereocenters. The van der Waals surface area contributed by atoms with Gasteiger partial charge in [0.05, 0.1) is 6.42 Å². The lowest BCUT2D eigenvalue weighted by atomic mass is 10.0. The molecule has 1 N–H and O–H groups in total. The molecule has 2 heterocycles. The number of esters is 1. The van der Waals surface area contributed by atoms with E-state index in [9.17, 15) is 9.59 Å². The molecule has 1 amide bonds. The molecule has 8 heteroatoms. The van der Waals surface area contributed by atoms with Gasteiger partial charge in [0.1, 0.15) is 0 Å². The molecule has 0 saturated carbocycles. The van der Waals surface area contributed by atoms with Crippen LogP contribution in [0.5, 0.6) is 0 Å². The smallest absolute Gasteiger partial charge is 0.307 e. The highest BCUT2D eigenvalue weighted by atomic mass is 32.1. The van der Waals surface area contributed by atoms with Gasteiger partial charge in [0.15, 0.2) is 6.10 Å². The van der Waals surface area contributed by atoms with Crippen LogP contribution in [0.25, 0.3) is 22.5 Å². The summed E-state index contributed by atoms with van der Waals surface area (Å²) < 4.78 is 10.5. The van der Waals surface area contributed by atoms with Gasteiger partial charge in [-0.3, -0.25) is 9.59 Å². The van der Waals surface area contributed by atoms with E-state index in [0.29, 0.717) is 17.4 Å². The number of ether oxygens (including phenoxy) is 1. The van der Waals surface area contributed by atoms with Gasteiger partial charge in [-0.05, 0) is 30.0 Å².